The van der Waals surface area contributed by atoms with E-state index in [1.807, 2.05) is 30.9 Å². The second-order valence-electron chi connectivity index (χ2n) is 5.03. The minimum Gasteiger partial charge on any atom is -0.497 e. The van der Waals surface area contributed by atoms with Gasteiger partial charge in [0.2, 0.25) is 0 Å². The van der Waals surface area contributed by atoms with E-state index in [0.29, 0.717) is 6.04 Å². The zero-order valence-corrected chi connectivity index (χ0v) is 13.7. The quantitative estimate of drug-likeness (QED) is 0.770. The molecule has 0 aliphatic carbocycles. The highest BCUT2D eigenvalue weighted by Gasteiger charge is 2.02. The van der Waals surface area contributed by atoms with Gasteiger partial charge in [0.15, 0.2) is 0 Å². The fourth-order valence-corrected chi connectivity index (χ4v) is 3.00. The maximum Gasteiger partial charge on any atom is 0.118 e. The first-order chi connectivity index (χ1) is 10.2. The van der Waals surface area contributed by atoms with Gasteiger partial charge in [0.1, 0.15) is 5.75 Å². The molecule has 2 aromatic carbocycles. The van der Waals surface area contributed by atoms with Crippen LogP contribution in [0.5, 0.6) is 5.75 Å². The second kappa shape index (κ2) is 8.11. The van der Waals surface area contributed by atoms with Crippen molar-refractivity contribution in [3.63, 3.8) is 0 Å². The molecule has 112 valence electrons. The van der Waals surface area contributed by atoms with Gasteiger partial charge in [0.05, 0.1) is 7.11 Å². The molecule has 0 fully saturated rings. The highest BCUT2D eigenvalue weighted by molar-refractivity contribution is 7.99. The van der Waals surface area contributed by atoms with Crippen LogP contribution >= 0.6 is 11.8 Å². The van der Waals surface area contributed by atoms with Crippen molar-refractivity contribution in [2.45, 2.75) is 24.3 Å². The summed E-state index contributed by atoms with van der Waals surface area (Å²) in [5.41, 5.74) is 2.68. The Kier molecular flexibility index (Phi) is 6.15. The lowest BCUT2D eigenvalue weighted by atomic mass is 10.1. The fraction of sp³-hybridized carbons (Fsp3) is 0.333. The van der Waals surface area contributed by atoms with Gasteiger partial charge in [-0.05, 0) is 55.8 Å². The Labute approximate surface area is 131 Å². The van der Waals surface area contributed by atoms with Crippen LogP contribution in [0.25, 0.3) is 0 Å². The molecule has 1 atom stereocenters. The van der Waals surface area contributed by atoms with Crippen molar-refractivity contribution in [1.29, 1.82) is 0 Å². The molecule has 0 aliphatic heterocycles. The summed E-state index contributed by atoms with van der Waals surface area (Å²) in [5.74, 6) is 2.01. The summed E-state index contributed by atoms with van der Waals surface area (Å²) in [6.45, 7) is 2.17. The number of methoxy groups -OCH3 is 1. The molecule has 1 N–H and O–H groups in total. The second-order valence-corrected chi connectivity index (χ2v) is 6.19. The molecule has 0 spiro atoms. The van der Waals surface area contributed by atoms with E-state index in [4.69, 9.17) is 4.74 Å². The maximum atomic E-state index is 5.17. The van der Waals surface area contributed by atoms with E-state index < -0.39 is 0 Å². The number of rotatable bonds is 7. The van der Waals surface area contributed by atoms with E-state index in [2.05, 4.69) is 48.6 Å². The Morgan fingerprint density at radius 2 is 1.71 bits per heavy atom. The summed E-state index contributed by atoms with van der Waals surface area (Å²) < 4.78 is 5.17. The van der Waals surface area contributed by atoms with Crippen LogP contribution in [0.15, 0.2) is 53.4 Å². The summed E-state index contributed by atoms with van der Waals surface area (Å²) in [4.78, 5) is 1.33. The van der Waals surface area contributed by atoms with Crippen molar-refractivity contribution in [2.24, 2.45) is 0 Å². The molecule has 0 saturated carbocycles. The van der Waals surface area contributed by atoms with Crippen molar-refractivity contribution in [3.05, 3.63) is 59.7 Å². The van der Waals surface area contributed by atoms with E-state index in [-0.39, 0.29) is 0 Å². The summed E-state index contributed by atoms with van der Waals surface area (Å²) in [6.07, 6.45) is 1.07. The highest BCUT2D eigenvalue weighted by atomic mass is 32.2. The molecule has 3 heteroatoms. The van der Waals surface area contributed by atoms with Gasteiger partial charge in [-0.15, -0.1) is 11.8 Å². The average molecular weight is 301 g/mol. The van der Waals surface area contributed by atoms with Gasteiger partial charge in [-0.25, -0.2) is 0 Å². The SMILES string of the molecule is CNC(C)c1ccc(SCCc2ccc(OC)cc2)cc1. The fourth-order valence-electron chi connectivity index (χ4n) is 2.10. The van der Waals surface area contributed by atoms with Crippen molar-refractivity contribution < 1.29 is 4.74 Å². The molecule has 2 rings (SSSR count). The zero-order valence-electron chi connectivity index (χ0n) is 12.9. The summed E-state index contributed by atoms with van der Waals surface area (Å²) in [7, 11) is 3.69. The molecule has 1 unspecified atom stereocenters. The monoisotopic (exact) mass is 301 g/mol. The zero-order chi connectivity index (χ0) is 15.1. The minimum absolute atomic E-state index is 0.406. The maximum absolute atomic E-state index is 5.17. The van der Waals surface area contributed by atoms with Crippen LogP contribution in [0.2, 0.25) is 0 Å². The molecule has 0 aromatic heterocycles. The van der Waals surface area contributed by atoms with Gasteiger partial charge in [0.25, 0.3) is 0 Å². The molecule has 0 heterocycles. The Balaban J connectivity index is 1.82. The van der Waals surface area contributed by atoms with Crippen LogP contribution in [-0.4, -0.2) is 19.9 Å². The van der Waals surface area contributed by atoms with Crippen LogP contribution in [0, 0.1) is 0 Å². The average Bonchev–Trinajstić information content (AvgIpc) is 2.55. The molecular weight excluding hydrogens is 278 g/mol. The van der Waals surface area contributed by atoms with E-state index in [1.165, 1.54) is 16.0 Å². The van der Waals surface area contributed by atoms with Crippen molar-refractivity contribution in [2.75, 3.05) is 19.9 Å². The van der Waals surface area contributed by atoms with Gasteiger partial charge in [0, 0.05) is 16.7 Å². The van der Waals surface area contributed by atoms with Crippen molar-refractivity contribution in [3.8, 4) is 5.75 Å². The number of aryl methyl sites for hydroxylation is 1. The molecular formula is C18H23NOS. The minimum atomic E-state index is 0.406. The summed E-state index contributed by atoms with van der Waals surface area (Å²) in [6, 6.07) is 17.6. The Morgan fingerprint density at radius 3 is 2.29 bits per heavy atom. The van der Waals surface area contributed by atoms with Gasteiger partial charge in [-0.3, -0.25) is 0 Å². The van der Waals surface area contributed by atoms with Gasteiger partial charge in [-0.1, -0.05) is 24.3 Å². The molecule has 0 radical (unpaired) electrons. The highest BCUT2D eigenvalue weighted by Crippen LogP contribution is 2.22. The largest absolute Gasteiger partial charge is 0.497 e. The third-order valence-electron chi connectivity index (χ3n) is 3.63. The number of ether oxygens (including phenoxy) is 1. The third kappa shape index (κ3) is 4.80. The molecule has 0 amide bonds. The van der Waals surface area contributed by atoms with Crippen molar-refractivity contribution >= 4 is 11.8 Å². The van der Waals surface area contributed by atoms with Gasteiger partial charge < -0.3 is 10.1 Å². The molecule has 0 aliphatic rings. The van der Waals surface area contributed by atoms with Crippen LogP contribution in [0.1, 0.15) is 24.1 Å². The lowest BCUT2D eigenvalue weighted by Crippen LogP contribution is -2.11. The van der Waals surface area contributed by atoms with Gasteiger partial charge in [-0.2, -0.15) is 0 Å². The van der Waals surface area contributed by atoms with Crippen molar-refractivity contribution in [1.82, 2.24) is 5.32 Å². The van der Waals surface area contributed by atoms with Crippen LogP contribution in [0.3, 0.4) is 0 Å². The van der Waals surface area contributed by atoms with E-state index >= 15 is 0 Å². The van der Waals surface area contributed by atoms with E-state index in [1.54, 1.807) is 7.11 Å². The lowest BCUT2D eigenvalue weighted by molar-refractivity contribution is 0.414. The lowest BCUT2D eigenvalue weighted by Gasteiger charge is -2.11. The van der Waals surface area contributed by atoms with E-state index in [0.717, 1.165) is 17.9 Å². The molecule has 0 bridgehead atoms. The Morgan fingerprint density at radius 1 is 1.05 bits per heavy atom. The summed E-state index contributed by atoms with van der Waals surface area (Å²) in [5, 5.41) is 3.26. The first kappa shape index (κ1) is 15.9. The Hall–Kier alpha value is -1.45. The molecule has 21 heavy (non-hydrogen) atoms. The van der Waals surface area contributed by atoms with Gasteiger partial charge >= 0.3 is 0 Å². The molecule has 0 saturated heterocycles. The molecule has 2 aromatic rings. The molecule has 2 nitrogen and oxygen atoms in total. The normalized spacial score (nSPS) is 12.1. The first-order valence-corrected chi connectivity index (χ1v) is 8.24. The number of nitrogens with one attached hydrogen (secondary N) is 1. The number of benzene rings is 2. The standard InChI is InChI=1S/C18H23NOS/c1-14(19-2)16-6-10-18(11-7-16)21-13-12-15-4-8-17(20-3)9-5-15/h4-11,14,19H,12-13H2,1-3H3. The topological polar surface area (TPSA) is 21.3 Å². The van der Waals surface area contributed by atoms with Crippen LogP contribution in [-0.2, 0) is 6.42 Å². The third-order valence-corrected chi connectivity index (χ3v) is 4.65. The number of thioether (sulfide) groups is 1. The van der Waals surface area contributed by atoms with Crippen LogP contribution in [0.4, 0.5) is 0 Å². The predicted molar refractivity (Wildman–Crippen MR) is 91.3 cm³/mol. The predicted octanol–water partition coefficient (Wildman–Crippen LogP) is 4.31. The first-order valence-electron chi connectivity index (χ1n) is 7.26. The number of hydrogen-bond donors (Lipinski definition) is 1. The Bertz CT molecular complexity index is 536. The van der Waals surface area contributed by atoms with E-state index in [9.17, 15) is 0 Å². The number of hydrogen-bond acceptors (Lipinski definition) is 3. The van der Waals surface area contributed by atoms with Crippen LogP contribution < -0.4 is 10.1 Å². The summed E-state index contributed by atoms with van der Waals surface area (Å²) >= 11 is 1.90. The smallest absolute Gasteiger partial charge is 0.118 e.